The second-order valence-electron chi connectivity index (χ2n) is 6.96. The van der Waals surface area contributed by atoms with Crippen molar-refractivity contribution in [1.29, 1.82) is 0 Å². The van der Waals surface area contributed by atoms with Crippen molar-refractivity contribution in [3.63, 3.8) is 0 Å². The minimum absolute atomic E-state index is 0.0302. The second-order valence-corrected chi connectivity index (χ2v) is 6.96. The molecule has 0 unspecified atom stereocenters. The Morgan fingerprint density at radius 3 is 2.55 bits per heavy atom. The number of hydrogen-bond donors (Lipinski definition) is 0. The Labute approximate surface area is 178 Å². The fourth-order valence-electron chi connectivity index (χ4n) is 3.17. The van der Waals surface area contributed by atoms with Gasteiger partial charge in [0.25, 0.3) is 0 Å². The third-order valence-electron chi connectivity index (χ3n) is 4.82. The summed E-state index contributed by atoms with van der Waals surface area (Å²) in [6.07, 6.45) is 1.37. The number of Topliss-reactive ketones (excluding diaryl/α,β-unsaturated/α-hetero) is 1. The van der Waals surface area contributed by atoms with Gasteiger partial charge >= 0.3 is 5.97 Å². The van der Waals surface area contributed by atoms with E-state index in [0.717, 1.165) is 5.56 Å². The van der Waals surface area contributed by atoms with Crippen LogP contribution in [0.3, 0.4) is 0 Å². The first-order chi connectivity index (χ1) is 15.0. The molecule has 3 aromatic rings. The van der Waals surface area contributed by atoms with Gasteiger partial charge in [-0.15, -0.1) is 0 Å². The van der Waals surface area contributed by atoms with Crippen molar-refractivity contribution < 1.29 is 28.2 Å². The number of ether oxygens (including phenoxy) is 3. The number of benzene rings is 3. The Morgan fingerprint density at radius 1 is 1.03 bits per heavy atom. The average Bonchev–Trinajstić information content (AvgIpc) is 3.10. The van der Waals surface area contributed by atoms with Gasteiger partial charge in [0.15, 0.2) is 12.4 Å². The van der Waals surface area contributed by atoms with E-state index < -0.39 is 11.8 Å². The zero-order valence-electron chi connectivity index (χ0n) is 16.8. The van der Waals surface area contributed by atoms with Crippen molar-refractivity contribution in [3.05, 3.63) is 101 Å². The third-order valence-corrected chi connectivity index (χ3v) is 4.82. The molecule has 0 spiro atoms. The van der Waals surface area contributed by atoms with Crippen LogP contribution in [0.2, 0.25) is 0 Å². The van der Waals surface area contributed by atoms with Crippen LogP contribution < -0.4 is 9.47 Å². The van der Waals surface area contributed by atoms with Gasteiger partial charge < -0.3 is 14.2 Å². The minimum atomic E-state index is -0.513. The summed E-state index contributed by atoms with van der Waals surface area (Å²) in [4.78, 5) is 24.6. The molecule has 0 saturated carbocycles. The standard InChI is InChI=1S/C25H19FO5/c1-16-21(29-15-23(27)30-14-17-7-3-2-4-8-17)12-11-19-24(28)22(31-25(16)19)13-18-9-5-6-10-20(18)26/h2-13H,14-15H2,1H3/b22-13-. The Hall–Kier alpha value is -3.93. The highest BCUT2D eigenvalue weighted by Gasteiger charge is 2.30. The first kappa shape index (κ1) is 20.3. The highest BCUT2D eigenvalue weighted by molar-refractivity contribution is 6.15. The Balaban J connectivity index is 1.43. The minimum Gasteiger partial charge on any atom is -0.481 e. The molecule has 0 amide bonds. The molecule has 0 aliphatic carbocycles. The molecule has 156 valence electrons. The smallest absolute Gasteiger partial charge is 0.344 e. The Bertz CT molecular complexity index is 1170. The van der Waals surface area contributed by atoms with Gasteiger partial charge in [-0.05, 0) is 36.8 Å². The lowest BCUT2D eigenvalue weighted by Crippen LogP contribution is -2.15. The van der Waals surface area contributed by atoms with Crippen LogP contribution >= 0.6 is 0 Å². The van der Waals surface area contributed by atoms with Gasteiger partial charge in [0.05, 0.1) is 5.56 Å². The van der Waals surface area contributed by atoms with Crippen LogP contribution in [0.1, 0.15) is 27.0 Å². The first-order valence-electron chi connectivity index (χ1n) is 9.67. The fourth-order valence-corrected chi connectivity index (χ4v) is 3.17. The maximum Gasteiger partial charge on any atom is 0.344 e. The van der Waals surface area contributed by atoms with E-state index in [1.54, 1.807) is 37.3 Å². The summed E-state index contributed by atoms with van der Waals surface area (Å²) in [5.74, 6) is -0.533. The quantitative estimate of drug-likeness (QED) is 0.422. The van der Waals surface area contributed by atoms with Gasteiger partial charge in [0.2, 0.25) is 5.78 Å². The average molecular weight is 418 g/mol. The molecule has 0 aromatic heterocycles. The molecule has 0 fully saturated rings. The van der Waals surface area contributed by atoms with Gasteiger partial charge in [0.1, 0.15) is 23.9 Å². The number of ketones is 1. The van der Waals surface area contributed by atoms with E-state index in [4.69, 9.17) is 14.2 Å². The number of allylic oxidation sites excluding steroid dienone is 1. The predicted octanol–water partition coefficient (Wildman–Crippen LogP) is 4.87. The SMILES string of the molecule is Cc1c(OCC(=O)OCc2ccccc2)ccc2c1O/C(=C\c1ccccc1F)C2=O. The van der Waals surface area contributed by atoms with Gasteiger partial charge in [-0.25, -0.2) is 9.18 Å². The van der Waals surface area contributed by atoms with Gasteiger partial charge in [-0.2, -0.15) is 0 Å². The molecule has 4 rings (SSSR count). The summed E-state index contributed by atoms with van der Waals surface area (Å²) in [6, 6.07) is 18.6. The lowest BCUT2D eigenvalue weighted by molar-refractivity contribution is -0.147. The highest BCUT2D eigenvalue weighted by atomic mass is 19.1. The molecular formula is C25H19FO5. The predicted molar refractivity (Wildman–Crippen MR) is 112 cm³/mol. The van der Waals surface area contributed by atoms with Crippen molar-refractivity contribution in [2.24, 2.45) is 0 Å². The monoisotopic (exact) mass is 418 g/mol. The third kappa shape index (κ3) is 4.48. The van der Waals surface area contributed by atoms with Crippen molar-refractivity contribution >= 4 is 17.8 Å². The highest BCUT2D eigenvalue weighted by Crippen LogP contribution is 2.39. The molecular weight excluding hydrogens is 399 g/mol. The summed E-state index contributed by atoms with van der Waals surface area (Å²) in [5, 5.41) is 0. The summed E-state index contributed by atoms with van der Waals surface area (Å²) in [6.45, 7) is 1.61. The maximum atomic E-state index is 13.9. The van der Waals surface area contributed by atoms with E-state index in [1.807, 2.05) is 30.3 Å². The number of fused-ring (bicyclic) bond motifs is 1. The molecule has 1 heterocycles. The Kier molecular flexibility index (Phi) is 5.80. The Morgan fingerprint density at radius 2 is 1.77 bits per heavy atom. The van der Waals surface area contributed by atoms with E-state index >= 15 is 0 Å². The summed E-state index contributed by atoms with van der Waals surface area (Å²) >= 11 is 0. The molecule has 3 aromatic carbocycles. The molecule has 0 bridgehead atoms. The molecule has 6 heteroatoms. The lowest BCUT2D eigenvalue weighted by atomic mass is 10.1. The maximum absolute atomic E-state index is 13.9. The van der Waals surface area contributed by atoms with Crippen LogP contribution in [0.15, 0.2) is 72.5 Å². The van der Waals surface area contributed by atoms with E-state index in [9.17, 15) is 14.0 Å². The van der Waals surface area contributed by atoms with Crippen LogP contribution in [-0.2, 0) is 16.1 Å². The molecule has 5 nitrogen and oxygen atoms in total. The van der Waals surface area contributed by atoms with Crippen LogP contribution in [0.4, 0.5) is 4.39 Å². The van der Waals surface area contributed by atoms with Gasteiger partial charge in [-0.1, -0.05) is 48.5 Å². The van der Waals surface area contributed by atoms with E-state index in [1.165, 1.54) is 12.1 Å². The van der Waals surface area contributed by atoms with Crippen LogP contribution in [-0.4, -0.2) is 18.4 Å². The molecule has 0 N–H and O–H groups in total. The van der Waals surface area contributed by atoms with Gasteiger partial charge in [-0.3, -0.25) is 4.79 Å². The summed E-state index contributed by atoms with van der Waals surface area (Å²) in [7, 11) is 0. The van der Waals surface area contributed by atoms with Crippen LogP contribution in [0.25, 0.3) is 6.08 Å². The second kappa shape index (κ2) is 8.83. The normalized spacial score (nSPS) is 13.6. The number of halogens is 1. The zero-order chi connectivity index (χ0) is 21.8. The topological polar surface area (TPSA) is 61.8 Å². The lowest BCUT2D eigenvalue weighted by Gasteiger charge is -2.11. The number of hydrogen-bond acceptors (Lipinski definition) is 5. The van der Waals surface area contributed by atoms with Crippen molar-refractivity contribution in [3.8, 4) is 11.5 Å². The van der Waals surface area contributed by atoms with E-state index in [-0.39, 0.29) is 30.3 Å². The fraction of sp³-hybridized carbons (Fsp3) is 0.120. The number of carbonyl (C=O) groups excluding carboxylic acids is 2. The van der Waals surface area contributed by atoms with Crippen LogP contribution in [0, 0.1) is 12.7 Å². The number of esters is 1. The first-order valence-corrected chi connectivity index (χ1v) is 9.67. The molecule has 0 saturated heterocycles. The van der Waals surface area contributed by atoms with Crippen molar-refractivity contribution in [2.45, 2.75) is 13.5 Å². The van der Waals surface area contributed by atoms with E-state index in [2.05, 4.69) is 0 Å². The molecule has 0 radical (unpaired) electrons. The number of carbonyl (C=O) groups is 2. The van der Waals surface area contributed by atoms with Crippen molar-refractivity contribution in [2.75, 3.05) is 6.61 Å². The van der Waals surface area contributed by atoms with E-state index in [0.29, 0.717) is 22.6 Å². The summed E-state index contributed by atoms with van der Waals surface area (Å²) < 4.78 is 30.4. The molecule has 0 atom stereocenters. The molecule has 1 aliphatic rings. The zero-order valence-corrected chi connectivity index (χ0v) is 16.8. The summed E-state index contributed by atoms with van der Waals surface area (Å²) in [5.41, 5.74) is 2.07. The van der Waals surface area contributed by atoms with Gasteiger partial charge in [0, 0.05) is 11.1 Å². The largest absolute Gasteiger partial charge is 0.481 e. The number of rotatable bonds is 6. The van der Waals surface area contributed by atoms with Crippen LogP contribution in [0.5, 0.6) is 11.5 Å². The molecule has 1 aliphatic heterocycles. The van der Waals surface area contributed by atoms with Crippen molar-refractivity contribution in [1.82, 2.24) is 0 Å². The molecule has 31 heavy (non-hydrogen) atoms.